The number of anilines is 1. The van der Waals surface area contributed by atoms with Gasteiger partial charge in [-0.3, -0.25) is 9.59 Å². The van der Waals surface area contributed by atoms with Crippen LogP contribution in [-0.2, 0) is 18.4 Å². The van der Waals surface area contributed by atoms with E-state index in [-0.39, 0.29) is 11.7 Å². The zero-order valence-corrected chi connectivity index (χ0v) is 19.0. The SMILES string of the molecule is Cc1nc(COc2ccccc2/C=C/C(=O)Nc2ccc(C(=O)c3nccn3C)cc2)cs1. The number of para-hydroxylation sites is 1. The van der Waals surface area contributed by atoms with E-state index in [0.29, 0.717) is 29.4 Å². The molecule has 2 aromatic carbocycles. The number of carbonyl (C=O) groups excluding carboxylic acids is 2. The fourth-order valence-electron chi connectivity index (χ4n) is 3.14. The fourth-order valence-corrected chi connectivity index (χ4v) is 3.74. The summed E-state index contributed by atoms with van der Waals surface area (Å²) in [6, 6.07) is 14.2. The fraction of sp³-hybridized carbons (Fsp3) is 0.120. The Bertz CT molecular complexity index is 1310. The van der Waals surface area contributed by atoms with Crippen molar-refractivity contribution in [3.63, 3.8) is 0 Å². The number of ether oxygens (including phenoxy) is 1. The second-order valence-electron chi connectivity index (χ2n) is 7.28. The molecule has 0 spiro atoms. The number of imidazole rings is 1. The van der Waals surface area contributed by atoms with Crippen molar-refractivity contribution in [3.8, 4) is 5.75 Å². The number of aryl methyl sites for hydroxylation is 2. The molecule has 0 bridgehead atoms. The summed E-state index contributed by atoms with van der Waals surface area (Å²) in [4.78, 5) is 33.4. The van der Waals surface area contributed by atoms with Crippen molar-refractivity contribution < 1.29 is 14.3 Å². The van der Waals surface area contributed by atoms with Gasteiger partial charge in [0.25, 0.3) is 0 Å². The Balaban J connectivity index is 1.37. The van der Waals surface area contributed by atoms with Gasteiger partial charge in [-0.05, 0) is 43.3 Å². The van der Waals surface area contributed by atoms with Crippen molar-refractivity contribution >= 4 is 34.8 Å². The summed E-state index contributed by atoms with van der Waals surface area (Å²) in [5, 5.41) is 5.76. The Morgan fingerprint density at radius 2 is 1.94 bits per heavy atom. The third-order valence-electron chi connectivity index (χ3n) is 4.81. The van der Waals surface area contributed by atoms with Gasteiger partial charge in [-0.1, -0.05) is 18.2 Å². The van der Waals surface area contributed by atoms with Gasteiger partial charge >= 0.3 is 0 Å². The molecular weight excluding hydrogens is 436 g/mol. The van der Waals surface area contributed by atoms with Crippen molar-refractivity contribution in [2.45, 2.75) is 13.5 Å². The molecule has 0 radical (unpaired) electrons. The number of carbonyl (C=O) groups is 2. The summed E-state index contributed by atoms with van der Waals surface area (Å²) in [5.74, 6) is 0.567. The van der Waals surface area contributed by atoms with E-state index < -0.39 is 0 Å². The minimum atomic E-state index is -0.289. The molecule has 2 aromatic heterocycles. The molecule has 4 aromatic rings. The first-order chi connectivity index (χ1) is 16.0. The second-order valence-corrected chi connectivity index (χ2v) is 8.34. The van der Waals surface area contributed by atoms with Gasteiger partial charge in [0.1, 0.15) is 12.4 Å². The topological polar surface area (TPSA) is 86.1 Å². The zero-order chi connectivity index (χ0) is 23.2. The van der Waals surface area contributed by atoms with Crippen LogP contribution < -0.4 is 10.1 Å². The minimum absolute atomic E-state index is 0.176. The van der Waals surface area contributed by atoms with E-state index in [1.165, 1.54) is 6.08 Å². The van der Waals surface area contributed by atoms with Crippen LogP contribution in [0, 0.1) is 6.92 Å². The summed E-state index contributed by atoms with van der Waals surface area (Å²) < 4.78 is 7.55. The van der Waals surface area contributed by atoms with Gasteiger partial charge in [0, 0.05) is 47.7 Å². The van der Waals surface area contributed by atoms with Crippen LogP contribution in [0.5, 0.6) is 5.75 Å². The molecule has 0 aliphatic rings. The Labute approximate surface area is 195 Å². The van der Waals surface area contributed by atoms with Crippen molar-refractivity contribution in [1.82, 2.24) is 14.5 Å². The van der Waals surface area contributed by atoms with Gasteiger partial charge in [0.15, 0.2) is 5.82 Å². The van der Waals surface area contributed by atoms with Crippen LogP contribution in [0.4, 0.5) is 5.69 Å². The average Bonchev–Trinajstić information content (AvgIpc) is 3.44. The van der Waals surface area contributed by atoms with Crippen LogP contribution in [0.3, 0.4) is 0 Å². The highest BCUT2D eigenvalue weighted by Gasteiger charge is 2.13. The van der Waals surface area contributed by atoms with E-state index >= 15 is 0 Å². The molecule has 2 heterocycles. The molecule has 0 unspecified atom stereocenters. The van der Waals surface area contributed by atoms with E-state index in [0.717, 1.165) is 16.3 Å². The van der Waals surface area contributed by atoms with Crippen molar-refractivity contribution in [2.24, 2.45) is 7.05 Å². The highest BCUT2D eigenvalue weighted by atomic mass is 32.1. The summed E-state index contributed by atoms with van der Waals surface area (Å²) in [6.07, 6.45) is 6.45. The molecule has 0 fully saturated rings. The molecule has 0 saturated carbocycles. The number of ketones is 1. The first-order valence-corrected chi connectivity index (χ1v) is 11.1. The molecule has 0 saturated heterocycles. The van der Waals surface area contributed by atoms with Crippen molar-refractivity contribution in [3.05, 3.63) is 100 Å². The van der Waals surface area contributed by atoms with Crippen molar-refractivity contribution in [2.75, 3.05) is 5.32 Å². The molecule has 0 aliphatic carbocycles. The standard InChI is InChI=1S/C25H22N4O3S/c1-17-27-21(16-33-17)15-32-22-6-4-3-5-18(22)9-12-23(30)28-20-10-7-19(8-11-20)24(31)25-26-13-14-29(25)2/h3-14,16H,15H2,1-2H3,(H,28,30)/b12-9+. The van der Waals surface area contributed by atoms with Crippen LogP contribution in [0.15, 0.2) is 72.4 Å². The molecule has 0 aliphatic heterocycles. The lowest BCUT2D eigenvalue weighted by molar-refractivity contribution is -0.111. The Kier molecular flexibility index (Phi) is 6.75. The molecule has 1 amide bonds. The largest absolute Gasteiger partial charge is 0.487 e. The average molecular weight is 459 g/mol. The number of nitrogens with zero attached hydrogens (tertiary/aromatic N) is 3. The Morgan fingerprint density at radius 3 is 2.64 bits per heavy atom. The maximum atomic E-state index is 12.5. The maximum absolute atomic E-state index is 12.5. The Morgan fingerprint density at radius 1 is 1.15 bits per heavy atom. The number of hydrogen-bond acceptors (Lipinski definition) is 6. The number of hydrogen-bond donors (Lipinski definition) is 1. The van der Waals surface area contributed by atoms with Gasteiger partial charge in [0.2, 0.25) is 11.7 Å². The van der Waals surface area contributed by atoms with Crippen LogP contribution in [0.1, 0.15) is 32.4 Å². The second kappa shape index (κ2) is 10.1. The van der Waals surface area contributed by atoms with Gasteiger partial charge < -0.3 is 14.6 Å². The molecule has 33 heavy (non-hydrogen) atoms. The summed E-state index contributed by atoms with van der Waals surface area (Å²) in [7, 11) is 1.77. The molecule has 8 heteroatoms. The molecule has 7 nitrogen and oxygen atoms in total. The maximum Gasteiger partial charge on any atom is 0.248 e. The van der Waals surface area contributed by atoms with Crippen LogP contribution in [0.25, 0.3) is 6.08 Å². The Hall–Kier alpha value is -4.04. The smallest absolute Gasteiger partial charge is 0.248 e. The normalized spacial score (nSPS) is 11.0. The lowest BCUT2D eigenvalue weighted by Gasteiger charge is -2.08. The number of rotatable bonds is 8. The van der Waals surface area contributed by atoms with E-state index in [4.69, 9.17) is 4.74 Å². The van der Waals surface area contributed by atoms with E-state index in [9.17, 15) is 9.59 Å². The van der Waals surface area contributed by atoms with Gasteiger partial charge in [-0.2, -0.15) is 0 Å². The van der Waals surface area contributed by atoms with Gasteiger partial charge in [0.05, 0.1) is 10.7 Å². The van der Waals surface area contributed by atoms with E-state index in [1.807, 2.05) is 36.6 Å². The number of nitrogens with one attached hydrogen (secondary N) is 1. The summed E-state index contributed by atoms with van der Waals surface area (Å²) in [6.45, 7) is 2.32. The third-order valence-corrected chi connectivity index (χ3v) is 5.64. The lowest BCUT2D eigenvalue weighted by atomic mass is 10.1. The lowest BCUT2D eigenvalue weighted by Crippen LogP contribution is -2.10. The highest BCUT2D eigenvalue weighted by molar-refractivity contribution is 7.09. The van der Waals surface area contributed by atoms with Crippen LogP contribution in [0.2, 0.25) is 0 Å². The van der Waals surface area contributed by atoms with Crippen LogP contribution >= 0.6 is 11.3 Å². The quantitative estimate of drug-likeness (QED) is 0.307. The van der Waals surface area contributed by atoms with Crippen molar-refractivity contribution in [1.29, 1.82) is 0 Å². The molecule has 166 valence electrons. The molecule has 1 N–H and O–H groups in total. The molecule has 4 rings (SSSR count). The van der Waals surface area contributed by atoms with E-state index in [2.05, 4.69) is 15.3 Å². The monoisotopic (exact) mass is 458 g/mol. The van der Waals surface area contributed by atoms with E-state index in [1.54, 1.807) is 65.7 Å². The summed E-state index contributed by atoms with van der Waals surface area (Å²) in [5.41, 5.74) is 2.75. The van der Waals surface area contributed by atoms with Gasteiger partial charge in [-0.15, -0.1) is 11.3 Å². The van der Waals surface area contributed by atoms with Gasteiger partial charge in [-0.25, -0.2) is 9.97 Å². The number of amides is 1. The minimum Gasteiger partial charge on any atom is -0.487 e. The predicted molar refractivity (Wildman–Crippen MR) is 128 cm³/mol. The molecule has 0 atom stereocenters. The number of benzene rings is 2. The first kappa shape index (κ1) is 22.2. The number of thiazole rings is 1. The first-order valence-electron chi connectivity index (χ1n) is 10.2. The highest BCUT2D eigenvalue weighted by Crippen LogP contribution is 2.21. The summed E-state index contributed by atoms with van der Waals surface area (Å²) >= 11 is 1.58. The predicted octanol–water partition coefficient (Wildman–Crippen LogP) is 4.65. The number of aromatic nitrogens is 3. The van der Waals surface area contributed by atoms with Crippen LogP contribution in [-0.4, -0.2) is 26.2 Å². The molecular formula is C25H22N4O3S. The zero-order valence-electron chi connectivity index (χ0n) is 18.2. The third kappa shape index (κ3) is 5.61.